The number of benzene rings is 1. The van der Waals surface area contributed by atoms with Crippen molar-refractivity contribution in [3.63, 3.8) is 0 Å². The molecule has 1 aromatic carbocycles. The summed E-state index contributed by atoms with van der Waals surface area (Å²) >= 11 is 5.34. The van der Waals surface area contributed by atoms with Crippen LogP contribution < -0.4 is 0 Å². The third-order valence-corrected chi connectivity index (χ3v) is 4.62. The van der Waals surface area contributed by atoms with Crippen LogP contribution >= 0.6 is 12.2 Å². The Morgan fingerprint density at radius 3 is 2.71 bits per heavy atom. The maximum atomic E-state index is 12.8. The second-order valence-electron chi connectivity index (χ2n) is 5.96. The van der Waals surface area contributed by atoms with Gasteiger partial charge >= 0.3 is 6.18 Å². The van der Waals surface area contributed by atoms with Crippen molar-refractivity contribution in [2.75, 3.05) is 0 Å². The van der Waals surface area contributed by atoms with E-state index in [1.165, 1.54) is 12.5 Å². The standard InChI is InChI=1S/C15H17F3N2S/c1-9-3-2-4-11(7-9)20-13-6-5-10(15(16,17)18)8-12(13)19-14(20)21/h5-6,8-9,11H,2-4,7H2,1H3,(H,19,21). The molecule has 1 saturated carbocycles. The maximum Gasteiger partial charge on any atom is 0.416 e. The monoisotopic (exact) mass is 314 g/mol. The molecule has 0 spiro atoms. The molecule has 1 aliphatic rings. The molecular weight excluding hydrogens is 297 g/mol. The molecule has 1 aromatic heterocycles. The highest BCUT2D eigenvalue weighted by atomic mass is 32.1. The van der Waals surface area contributed by atoms with Crippen LogP contribution in [0.4, 0.5) is 13.2 Å². The second-order valence-corrected chi connectivity index (χ2v) is 6.34. The summed E-state index contributed by atoms with van der Waals surface area (Å²) in [7, 11) is 0. The quantitative estimate of drug-likeness (QED) is 0.692. The third-order valence-electron chi connectivity index (χ3n) is 4.32. The van der Waals surface area contributed by atoms with Gasteiger partial charge in [-0.1, -0.05) is 19.8 Å². The summed E-state index contributed by atoms with van der Waals surface area (Å²) in [4.78, 5) is 2.93. The van der Waals surface area contributed by atoms with E-state index in [2.05, 4.69) is 11.9 Å². The van der Waals surface area contributed by atoms with E-state index in [4.69, 9.17) is 12.2 Å². The Kier molecular flexibility index (Phi) is 3.59. The molecule has 1 N–H and O–H groups in total. The lowest BCUT2D eigenvalue weighted by Crippen LogP contribution is -2.17. The van der Waals surface area contributed by atoms with E-state index in [9.17, 15) is 13.2 Å². The molecule has 114 valence electrons. The zero-order valence-electron chi connectivity index (χ0n) is 11.7. The van der Waals surface area contributed by atoms with Gasteiger partial charge in [0.2, 0.25) is 0 Å². The number of aromatic amines is 1. The third kappa shape index (κ3) is 2.73. The van der Waals surface area contributed by atoms with Crippen LogP contribution in [0.5, 0.6) is 0 Å². The summed E-state index contributed by atoms with van der Waals surface area (Å²) < 4.78 is 40.9. The molecule has 2 nitrogen and oxygen atoms in total. The molecule has 1 fully saturated rings. The smallest absolute Gasteiger partial charge is 0.331 e. The van der Waals surface area contributed by atoms with Crippen LogP contribution in [-0.4, -0.2) is 9.55 Å². The van der Waals surface area contributed by atoms with Crippen molar-refractivity contribution >= 4 is 23.3 Å². The Hall–Kier alpha value is -1.30. The van der Waals surface area contributed by atoms with Gasteiger partial charge in [-0.15, -0.1) is 0 Å². The topological polar surface area (TPSA) is 20.7 Å². The van der Waals surface area contributed by atoms with E-state index in [0.717, 1.165) is 36.9 Å². The van der Waals surface area contributed by atoms with Crippen molar-refractivity contribution in [2.45, 2.75) is 44.8 Å². The number of imidazole rings is 1. The molecule has 2 unspecified atom stereocenters. The van der Waals surface area contributed by atoms with E-state index in [0.29, 0.717) is 16.2 Å². The van der Waals surface area contributed by atoms with Gasteiger partial charge in [0.1, 0.15) is 0 Å². The van der Waals surface area contributed by atoms with Crippen LogP contribution in [0.1, 0.15) is 44.2 Å². The van der Waals surface area contributed by atoms with Gasteiger partial charge < -0.3 is 9.55 Å². The molecule has 1 aliphatic carbocycles. The molecule has 0 amide bonds. The molecule has 2 atom stereocenters. The predicted molar refractivity (Wildman–Crippen MR) is 78.8 cm³/mol. The molecule has 2 aromatic rings. The Bertz CT molecular complexity index is 714. The van der Waals surface area contributed by atoms with Crippen molar-refractivity contribution in [1.82, 2.24) is 9.55 Å². The van der Waals surface area contributed by atoms with E-state index in [1.807, 2.05) is 4.57 Å². The highest BCUT2D eigenvalue weighted by Crippen LogP contribution is 2.36. The van der Waals surface area contributed by atoms with Crippen molar-refractivity contribution in [1.29, 1.82) is 0 Å². The summed E-state index contributed by atoms with van der Waals surface area (Å²) in [6.07, 6.45) is 0.0886. The maximum absolute atomic E-state index is 12.8. The summed E-state index contributed by atoms with van der Waals surface area (Å²) in [6, 6.07) is 4.09. The average molecular weight is 314 g/mol. The number of hydrogen-bond donors (Lipinski definition) is 1. The lowest BCUT2D eigenvalue weighted by Gasteiger charge is -2.28. The predicted octanol–water partition coefficient (Wildman–Crippen LogP) is 5.47. The fourth-order valence-corrected chi connectivity index (χ4v) is 3.66. The van der Waals surface area contributed by atoms with Crippen molar-refractivity contribution in [3.05, 3.63) is 28.5 Å². The number of aromatic nitrogens is 2. The molecule has 0 aliphatic heterocycles. The molecule has 0 bridgehead atoms. The zero-order chi connectivity index (χ0) is 15.2. The first-order valence-corrected chi connectivity index (χ1v) is 7.58. The van der Waals surface area contributed by atoms with Gasteiger partial charge in [-0.2, -0.15) is 13.2 Å². The van der Waals surface area contributed by atoms with Crippen molar-refractivity contribution in [3.8, 4) is 0 Å². The summed E-state index contributed by atoms with van der Waals surface area (Å²) in [5, 5.41) is 0. The van der Waals surface area contributed by atoms with Crippen LogP contribution in [0.25, 0.3) is 11.0 Å². The zero-order valence-corrected chi connectivity index (χ0v) is 12.5. The molecule has 0 radical (unpaired) electrons. The number of halogens is 3. The fourth-order valence-electron chi connectivity index (χ4n) is 3.31. The second kappa shape index (κ2) is 5.16. The number of rotatable bonds is 1. The van der Waals surface area contributed by atoms with Gasteiger partial charge in [0.25, 0.3) is 0 Å². The fraction of sp³-hybridized carbons (Fsp3) is 0.533. The first kappa shape index (κ1) is 14.6. The van der Waals surface area contributed by atoms with Crippen molar-refractivity contribution in [2.24, 2.45) is 5.92 Å². The highest BCUT2D eigenvalue weighted by Gasteiger charge is 2.31. The first-order valence-electron chi connectivity index (χ1n) is 7.17. The van der Waals surface area contributed by atoms with Gasteiger partial charge in [-0.05, 0) is 49.2 Å². The number of fused-ring (bicyclic) bond motifs is 1. The SMILES string of the molecule is CC1CCCC(n2c(=S)[nH]c3cc(C(F)(F)F)ccc32)C1. The Morgan fingerprint density at radius 2 is 2.05 bits per heavy atom. The lowest BCUT2D eigenvalue weighted by atomic mass is 9.87. The molecule has 1 heterocycles. The lowest BCUT2D eigenvalue weighted by molar-refractivity contribution is -0.137. The normalized spacial score (nSPS) is 23.6. The minimum Gasteiger partial charge on any atom is -0.331 e. The van der Waals surface area contributed by atoms with E-state index >= 15 is 0 Å². The van der Waals surface area contributed by atoms with E-state index in [1.54, 1.807) is 0 Å². The van der Waals surface area contributed by atoms with E-state index < -0.39 is 11.7 Å². The molecule has 3 rings (SSSR count). The Balaban J connectivity index is 2.08. The number of nitrogens with zero attached hydrogens (tertiary/aromatic N) is 1. The van der Waals surface area contributed by atoms with Crippen LogP contribution in [-0.2, 0) is 6.18 Å². The number of H-pyrrole nitrogens is 1. The summed E-state index contributed by atoms with van der Waals surface area (Å²) in [5.41, 5.74) is 0.593. The molecular formula is C15H17F3N2S. The average Bonchev–Trinajstić information content (AvgIpc) is 2.72. The number of alkyl halides is 3. The molecule has 6 heteroatoms. The van der Waals surface area contributed by atoms with Gasteiger partial charge in [0, 0.05) is 6.04 Å². The highest BCUT2D eigenvalue weighted by molar-refractivity contribution is 7.71. The Labute approximate surface area is 126 Å². The van der Waals surface area contributed by atoms with Crippen molar-refractivity contribution < 1.29 is 13.2 Å². The van der Waals surface area contributed by atoms with Crippen LogP contribution in [0.2, 0.25) is 0 Å². The van der Waals surface area contributed by atoms with Gasteiger partial charge in [-0.25, -0.2) is 0 Å². The van der Waals surface area contributed by atoms with Crippen LogP contribution in [0.3, 0.4) is 0 Å². The minimum absolute atomic E-state index is 0.284. The molecule has 21 heavy (non-hydrogen) atoms. The summed E-state index contributed by atoms with van der Waals surface area (Å²) in [5.74, 6) is 0.630. The van der Waals surface area contributed by atoms with Crippen LogP contribution in [0.15, 0.2) is 18.2 Å². The van der Waals surface area contributed by atoms with E-state index in [-0.39, 0.29) is 6.04 Å². The number of nitrogens with one attached hydrogen (secondary N) is 1. The molecule has 0 saturated heterocycles. The summed E-state index contributed by atoms with van der Waals surface area (Å²) in [6.45, 7) is 2.21. The largest absolute Gasteiger partial charge is 0.416 e. The van der Waals surface area contributed by atoms with Gasteiger partial charge in [-0.3, -0.25) is 0 Å². The van der Waals surface area contributed by atoms with Gasteiger partial charge in [0.15, 0.2) is 4.77 Å². The van der Waals surface area contributed by atoms with Crippen LogP contribution in [0, 0.1) is 10.7 Å². The van der Waals surface area contributed by atoms with Gasteiger partial charge in [0.05, 0.1) is 16.6 Å². The minimum atomic E-state index is -4.33. The number of hydrogen-bond acceptors (Lipinski definition) is 1. The first-order chi connectivity index (χ1) is 9.86. The Morgan fingerprint density at radius 1 is 1.29 bits per heavy atom.